The molecule has 0 radical (unpaired) electrons. The Morgan fingerprint density at radius 3 is 2.78 bits per heavy atom. The Balaban J connectivity index is 2.27. The molecule has 2 rings (SSSR count). The Morgan fingerprint density at radius 2 is 2.11 bits per heavy atom. The summed E-state index contributed by atoms with van der Waals surface area (Å²) in [5, 5.41) is 0. The highest BCUT2D eigenvalue weighted by Gasteiger charge is 2.23. The topological polar surface area (TPSA) is 68.2 Å². The average molecular weight is 270 g/mol. The summed E-state index contributed by atoms with van der Waals surface area (Å²) in [7, 11) is -1.79. The van der Waals surface area contributed by atoms with Crippen molar-refractivity contribution in [3.8, 4) is 0 Å². The Hall–Kier alpha value is -1.14. The van der Waals surface area contributed by atoms with Crippen LogP contribution in [0.15, 0.2) is 6.07 Å². The van der Waals surface area contributed by atoms with Gasteiger partial charge in [-0.05, 0) is 32.9 Å². The number of sulfonamides is 1. The van der Waals surface area contributed by atoms with E-state index in [2.05, 4.69) is 4.72 Å². The molecule has 5 nitrogen and oxygen atoms in total. The minimum Gasteiger partial charge on any atom is -0.347 e. The van der Waals surface area contributed by atoms with E-state index in [1.165, 1.54) is 7.05 Å². The number of ketones is 1. The number of aromatic nitrogens is 1. The third-order valence-electron chi connectivity index (χ3n) is 3.43. The largest absolute Gasteiger partial charge is 0.347 e. The fraction of sp³-hybridized carbons (Fsp3) is 0.583. The minimum atomic E-state index is -3.21. The van der Waals surface area contributed by atoms with Gasteiger partial charge in [-0.3, -0.25) is 4.79 Å². The molecule has 0 fully saturated rings. The molecule has 0 aliphatic heterocycles. The predicted molar refractivity (Wildman–Crippen MR) is 69.3 cm³/mol. The zero-order valence-corrected chi connectivity index (χ0v) is 11.5. The van der Waals surface area contributed by atoms with Crippen molar-refractivity contribution in [3.63, 3.8) is 0 Å². The summed E-state index contributed by atoms with van der Waals surface area (Å²) in [6.07, 6.45) is 2.31. The van der Waals surface area contributed by atoms with Gasteiger partial charge in [0, 0.05) is 29.9 Å². The SMILES string of the molecule is CNS(=O)(=O)CCn1c(C)cc2c1CCCC2=O. The van der Waals surface area contributed by atoms with E-state index in [9.17, 15) is 13.2 Å². The van der Waals surface area contributed by atoms with Crippen LogP contribution in [-0.4, -0.2) is 31.6 Å². The Labute approximate surface area is 107 Å². The van der Waals surface area contributed by atoms with Gasteiger partial charge in [0.15, 0.2) is 5.78 Å². The molecular formula is C12H18N2O3S. The van der Waals surface area contributed by atoms with Crippen LogP contribution in [-0.2, 0) is 23.0 Å². The highest BCUT2D eigenvalue weighted by atomic mass is 32.2. The van der Waals surface area contributed by atoms with Crippen molar-refractivity contribution in [1.29, 1.82) is 0 Å². The summed E-state index contributed by atoms with van der Waals surface area (Å²) >= 11 is 0. The van der Waals surface area contributed by atoms with Gasteiger partial charge in [-0.15, -0.1) is 0 Å². The molecule has 0 aromatic carbocycles. The summed E-state index contributed by atoms with van der Waals surface area (Å²) in [5.74, 6) is 0.217. The number of rotatable bonds is 4. The molecule has 6 heteroatoms. The van der Waals surface area contributed by atoms with Gasteiger partial charge >= 0.3 is 0 Å². The van der Waals surface area contributed by atoms with Crippen LogP contribution in [0, 0.1) is 6.92 Å². The maximum atomic E-state index is 11.8. The van der Waals surface area contributed by atoms with E-state index in [1.54, 1.807) is 0 Å². The maximum absolute atomic E-state index is 11.8. The second-order valence-corrected chi connectivity index (χ2v) is 6.64. The van der Waals surface area contributed by atoms with Crippen molar-refractivity contribution < 1.29 is 13.2 Å². The van der Waals surface area contributed by atoms with Gasteiger partial charge in [-0.1, -0.05) is 0 Å². The van der Waals surface area contributed by atoms with E-state index in [0.717, 1.165) is 29.8 Å². The highest BCUT2D eigenvalue weighted by Crippen LogP contribution is 2.24. The van der Waals surface area contributed by atoms with Crippen molar-refractivity contribution >= 4 is 15.8 Å². The minimum absolute atomic E-state index is 0.0413. The lowest BCUT2D eigenvalue weighted by Crippen LogP contribution is -2.26. The quantitative estimate of drug-likeness (QED) is 0.882. The lowest BCUT2D eigenvalue weighted by atomic mass is 9.97. The third-order valence-corrected chi connectivity index (χ3v) is 4.77. The first-order chi connectivity index (χ1) is 8.44. The number of nitrogens with zero attached hydrogens (tertiary/aromatic N) is 1. The number of aryl methyl sites for hydroxylation is 1. The first-order valence-electron chi connectivity index (χ1n) is 6.08. The first kappa shape index (κ1) is 13.3. The molecule has 1 aromatic rings. The summed E-state index contributed by atoms with van der Waals surface area (Å²) in [4.78, 5) is 11.8. The molecule has 0 amide bonds. The van der Waals surface area contributed by atoms with Crippen LogP contribution < -0.4 is 4.72 Å². The van der Waals surface area contributed by atoms with Gasteiger partial charge in [-0.25, -0.2) is 13.1 Å². The molecule has 18 heavy (non-hydrogen) atoms. The summed E-state index contributed by atoms with van der Waals surface area (Å²) in [5.41, 5.74) is 2.73. The van der Waals surface area contributed by atoms with E-state index in [-0.39, 0.29) is 11.5 Å². The molecule has 100 valence electrons. The molecule has 1 aliphatic carbocycles. The van der Waals surface area contributed by atoms with Crippen LogP contribution in [0.3, 0.4) is 0 Å². The lowest BCUT2D eigenvalue weighted by molar-refractivity contribution is 0.0972. The third kappa shape index (κ3) is 2.49. The van der Waals surface area contributed by atoms with Crippen LogP contribution >= 0.6 is 0 Å². The number of hydrogen-bond acceptors (Lipinski definition) is 3. The fourth-order valence-corrected chi connectivity index (χ4v) is 3.04. The smallest absolute Gasteiger partial charge is 0.213 e. The lowest BCUT2D eigenvalue weighted by Gasteiger charge is -2.15. The predicted octanol–water partition coefficient (Wildman–Crippen LogP) is 0.865. The standard InChI is InChI=1S/C12H18N2O3S/c1-9-8-10-11(4-3-5-12(10)15)14(9)6-7-18(16,17)13-2/h8,13H,3-7H2,1-2H3. The molecule has 0 unspecified atom stereocenters. The summed E-state index contributed by atoms with van der Waals surface area (Å²) in [6, 6.07) is 1.88. The molecule has 1 heterocycles. The molecule has 1 aromatic heterocycles. The van der Waals surface area contributed by atoms with Gasteiger partial charge in [0.1, 0.15) is 0 Å². The molecule has 0 saturated heterocycles. The van der Waals surface area contributed by atoms with E-state index in [4.69, 9.17) is 0 Å². The van der Waals surface area contributed by atoms with E-state index < -0.39 is 10.0 Å². The molecular weight excluding hydrogens is 252 g/mol. The molecule has 1 aliphatic rings. The molecule has 0 saturated carbocycles. The number of hydrogen-bond donors (Lipinski definition) is 1. The van der Waals surface area contributed by atoms with Crippen molar-refractivity contribution in [3.05, 3.63) is 23.0 Å². The summed E-state index contributed by atoms with van der Waals surface area (Å²) < 4.78 is 27.2. The molecule has 0 atom stereocenters. The zero-order chi connectivity index (χ0) is 13.3. The Bertz CT molecular complexity index is 572. The number of fused-ring (bicyclic) bond motifs is 1. The zero-order valence-electron chi connectivity index (χ0n) is 10.7. The second-order valence-electron chi connectivity index (χ2n) is 4.60. The van der Waals surface area contributed by atoms with E-state index in [0.29, 0.717) is 13.0 Å². The normalized spacial score (nSPS) is 15.8. The monoisotopic (exact) mass is 270 g/mol. The van der Waals surface area contributed by atoms with Crippen LogP contribution in [0.4, 0.5) is 0 Å². The highest BCUT2D eigenvalue weighted by molar-refractivity contribution is 7.89. The number of nitrogens with one attached hydrogen (secondary N) is 1. The molecule has 1 N–H and O–H groups in total. The molecule has 0 bridgehead atoms. The van der Waals surface area contributed by atoms with Crippen molar-refractivity contribution in [2.45, 2.75) is 32.7 Å². The Morgan fingerprint density at radius 1 is 1.39 bits per heavy atom. The van der Waals surface area contributed by atoms with Gasteiger partial charge in [0.25, 0.3) is 0 Å². The number of carbonyl (C=O) groups excluding carboxylic acids is 1. The first-order valence-corrected chi connectivity index (χ1v) is 7.73. The Kier molecular flexibility index (Phi) is 3.59. The average Bonchev–Trinajstić information content (AvgIpc) is 2.65. The van der Waals surface area contributed by atoms with Crippen LogP contribution in [0.5, 0.6) is 0 Å². The van der Waals surface area contributed by atoms with Crippen LogP contribution in [0.1, 0.15) is 34.6 Å². The summed E-state index contributed by atoms with van der Waals surface area (Å²) in [6.45, 7) is 2.31. The van der Waals surface area contributed by atoms with Crippen LogP contribution in [0.25, 0.3) is 0 Å². The van der Waals surface area contributed by atoms with Gasteiger partial charge in [-0.2, -0.15) is 0 Å². The molecule has 0 spiro atoms. The van der Waals surface area contributed by atoms with E-state index in [1.807, 2.05) is 17.6 Å². The van der Waals surface area contributed by atoms with Gasteiger partial charge in [0.2, 0.25) is 10.0 Å². The van der Waals surface area contributed by atoms with Gasteiger partial charge < -0.3 is 4.57 Å². The van der Waals surface area contributed by atoms with E-state index >= 15 is 0 Å². The van der Waals surface area contributed by atoms with Crippen molar-refractivity contribution in [1.82, 2.24) is 9.29 Å². The van der Waals surface area contributed by atoms with Gasteiger partial charge in [0.05, 0.1) is 5.75 Å². The second kappa shape index (κ2) is 4.85. The van der Waals surface area contributed by atoms with Crippen molar-refractivity contribution in [2.24, 2.45) is 0 Å². The maximum Gasteiger partial charge on any atom is 0.213 e. The number of carbonyl (C=O) groups is 1. The number of Topliss-reactive ketones (excluding diaryl/α,β-unsaturated/α-hetero) is 1. The fourth-order valence-electron chi connectivity index (χ4n) is 2.42. The van der Waals surface area contributed by atoms with Crippen LogP contribution in [0.2, 0.25) is 0 Å². The van der Waals surface area contributed by atoms with Crippen molar-refractivity contribution in [2.75, 3.05) is 12.8 Å².